The molecule has 0 bridgehead atoms. The second-order valence-corrected chi connectivity index (χ2v) is 11.8. The molecule has 0 radical (unpaired) electrons. The molecule has 2 aromatic rings. The fraction of sp³-hybridized carbons (Fsp3) is 0.581. The van der Waals surface area contributed by atoms with Gasteiger partial charge in [0.25, 0.3) is 0 Å². The van der Waals surface area contributed by atoms with Gasteiger partial charge in [-0.3, -0.25) is 14.6 Å². The Morgan fingerprint density at radius 2 is 1.63 bits per heavy atom. The minimum atomic E-state index is -4.72. The first kappa shape index (κ1) is 29.9. The summed E-state index contributed by atoms with van der Waals surface area (Å²) in [6, 6.07) is 8.51. The van der Waals surface area contributed by atoms with Crippen molar-refractivity contribution in [1.82, 2.24) is 9.80 Å². The molecule has 0 amide bonds. The average Bonchev–Trinajstić information content (AvgIpc) is 3.77. The molecule has 10 heteroatoms. The second-order valence-electron chi connectivity index (χ2n) is 11.8. The number of methoxy groups -OCH3 is 1. The molecule has 2 unspecified atom stereocenters. The van der Waals surface area contributed by atoms with Gasteiger partial charge in [0, 0.05) is 25.7 Å². The fourth-order valence-electron chi connectivity index (χ4n) is 6.74. The first-order valence-corrected chi connectivity index (χ1v) is 14.3. The quantitative estimate of drug-likeness (QED) is 0.259. The average molecular weight is 583 g/mol. The van der Waals surface area contributed by atoms with Gasteiger partial charge in [0.1, 0.15) is 0 Å². The Morgan fingerprint density at radius 3 is 2.24 bits per heavy atom. The number of likely N-dealkylation sites (tertiary alicyclic amines) is 1. The lowest BCUT2D eigenvalue weighted by atomic mass is 9.81. The minimum Gasteiger partial charge on any atom is -0.469 e. The summed E-state index contributed by atoms with van der Waals surface area (Å²) in [5.74, 6) is 0.203. The number of benzene rings is 2. The highest BCUT2D eigenvalue weighted by Gasteiger charge is 2.40. The number of hydrogen-bond acceptors (Lipinski definition) is 4. The van der Waals surface area contributed by atoms with Crippen LogP contribution in [-0.2, 0) is 41.4 Å². The van der Waals surface area contributed by atoms with Crippen LogP contribution in [0.3, 0.4) is 0 Å². The lowest BCUT2D eigenvalue weighted by Crippen LogP contribution is -2.46. The van der Waals surface area contributed by atoms with Gasteiger partial charge in [-0.05, 0) is 97.5 Å². The van der Waals surface area contributed by atoms with Gasteiger partial charge in [0.2, 0.25) is 0 Å². The van der Waals surface area contributed by atoms with Gasteiger partial charge in [-0.15, -0.1) is 0 Å². The Morgan fingerprint density at radius 1 is 0.927 bits per heavy atom. The van der Waals surface area contributed by atoms with Crippen molar-refractivity contribution in [1.29, 1.82) is 0 Å². The summed E-state index contributed by atoms with van der Waals surface area (Å²) in [5, 5.41) is 0. The van der Waals surface area contributed by atoms with Crippen molar-refractivity contribution >= 4 is 5.97 Å². The Hall–Kier alpha value is -2.59. The first-order chi connectivity index (χ1) is 19.3. The van der Waals surface area contributed by atoms with Crippen LogP contribution in [0.2, 0.25) is 0 Å². The number of carbonyl (C=O) groups is 1. The lowest BCUT2D eigenvalue weighted by Gasteiger charge is -2.41. The van der Waals surface area contributed by atoms with Crippen LogP contribution in [-0.4, -0.2) is 48.6 Å². The van der Waals surface area contributed by atoms with Gasteiger partial charge < -0.3 is 4.74 Å². The molecule has 1 aliphatic carbocycles. The molecule has 1 saturated heterocycles. The fourth-order valence-corrected chi connectivity index (χ4v) is 6.74. The predicted molar refractivity (Wildman–Crippen MR) is 142 cm³/mol. The molecular formula is C31H36F6N2O2. The molecule has 2 aliphatic heterocycles. The number of fused-ring (bicyclic) bond motifs is 1. The monoisotopic (exact) mass is 582 g/mol. The molecule has 3 aliphatic rings. The first-order valence-electron chi connectivity index (χ1n) is 14.3. The van der Waals surface area contributed by atoms with E-state index in [4.69, 9.17) is 4.74 Å². The Bertz CT molecular complexity index is 1250. The molecule has 1 saturated carbocycles. The van der Waals surface area contributed by atoms with Gasteiger partial charge in [0.05, 0.1) is 24.2 Å². The van der Waals surface area contributed by atoms with Crippen molar-refractivity contribution in [2.24, 2.45) is 11.8 Å². The standard InChI is InChI=1S/C31H36F6N2O2/c1-19(29(40)41-2)28(21-4-5-21)22-6-3-20-9-14-39(18-23(20)15-22)26-10-12-38(13-11-26)17-24-16-25(30(32,33)34)7-8-27(24)31(35,36)37/h3,6-8,15-16,19,21,26,28H,4-5,9-14,17-18H2,1-2H3. The molecule has 0 spiro atoms. The second kappa shape index (κ2) is 11.6. The molecular weight excluding hydrogens is 546 g/mol. The number of ether oxygens (including phenoxy) is 1. The van der Waals surface area contributed by atoms with Crippen molar-refractivity contribution in [3.8, 4) is 0 Å². The zero-order chi connectivity index (χ0) is 29.5. The number of rotatable bonds is 7. The van der Waals surface area contributed by atoms with E-state index in [0.29, 0.717) is 37.2 Å². The van der Waals surface area contributed by atoms with Gasteiger partial charge in [-0.2, -0.15) is 26.3 Å². The summed E-state index contributed by atoms with van der Waals surface area (Å²) in [4.78, 5) is 16.6. The maximum atomic E-state index is 13.6. The third-order valence-corrected chi connectivity index (χ3v) is 9.10. The molecule has 0 aromatic heterocycles. The van der Waals surface area contributed by atoms with Gasteiger partial charge in [0.15, 0.2) is 0 Å². The Balaban J connectivity index is 1.24. The summed E-state index contributed by atoms with van der Waals surface area (Å²) in [5.41, 5.74) is 1.30. The van der Waals surface area contributed by atoms with E-state index in [2.05, 4.69) is 23.1 Å². The molecule has 224 valence electrons. The molecule has 2 fully saturated rings. The summed E-state index contributed by atoms with van der Waals surface area (Å²) < 4.78 is 85.4. The summed E-state index contributed by atoms with van der Waals surface area (Å²) in [6.45, 7) is 4.45. The minimum absolute atomic E-state index is 0.129. The van der Waals surface area contributed by atoms with Gasteiger partial charge in [-0.25, -0.2) is 0 Å². The van der Waals surface area contributed by atoms with Crippen molar-refractivity contribution < 1.29 is 35.9 Å². The van der Waals surface area contributed by atoms with Crippen LogP contribution in [0.25, 0.3) is 0 Å². The summed E-state index contributed by atoms with van der Waals surface area (Å²) in [6.07, 6.45) is -4.83. The van der Waals surface area contributed by atoms with Crippen LogP contribution in [0.15, 0.2) is 36.4 Å². The highest BCUT2D eigenvalue weighted by atomic mass is 19.4. The number of esters is 1. The van der Waals surface area contributed by atoms with Gasteiger partial charge >= 0.3 is 18.3 Å². The van der Waals surface area contributed by atoms with E-state index in [1.807, 2.05) is 11.8 Å². The lowest BCUT2D eigenvalue weighted by molar-refractivity contribution is -0.146. The van der Waals surface area contributed by atoms with E-state index in [9.17, 15) is 31.1 Å². The van der Waals surface area contributed by atoms with E-state index in [-0.39, 0.29) is 36.0 Å². The maximum Gasteiger partial charge on any atom is 0.416 e. The number of piperidine rings is 1. The summed E-state index contributed by atoms with van der Waals surface area (Å²) in [7, 11) is 1.42. The molecule has 5 rings (SSSR count). The number of hydrogen-bond donors (Lipinski definition) is 0. The predicted octanol–water partition coefficient (Wildman–Crippen LogP) is 7.05. The smallest absolute Gasteiger partial charge is 0.416 e. The van der Waals surface area contributed by atoms with E-state index in [1.54, 1.807) is 0 Å². The van der Waals surface area contributed by atoms with Crippen molar-refractivity contribution in [3.05, 3.63) is 69.8 Å². The van der Waals surface area contributed by atoms with Crippen molar-refractivity contribution in [3.63, 3.8) is 0 Å². The van der Waals surface area contributed by atoms with Crippen LogP contribution in [0.5, 0.6) is 0 Å². The Kier molecular flexibility index (Phi) is 8.45. The number of alkyl halides is 6. The highest BCUT2D eigenvalue weighted by molar-refractivity contribution is 5.73. The van der Waals surface area contributed by atoms with Crippen molar-refractivity contribution in [2.75, 3.05) is 26.7 Å². The van der Waals surface area contributed by atoms with Gasteiger partial charge in [-0.1, -0.05) is 25.1 Å². The topological polar surface area (TPSA) is 32.8 Å². The van der Waals surface area contributed by atoms with Crippen LogP contribution in [0, 0.1) is 11.8 Å². The van der Waals surface area contributed by atoms with Crippen LogP contribution in [0.4, 0.5) is 26.3 Å². The van der Waals surface area contributed by atoms with Crippen LogP contribution < -0.4 is 0 Å². The SMILES string of the molecule is COC(=O)C(C)C(c1ccc2c(c1)CN(C1CCN(Cc3cc(C(F)(F)F)ccc3C(F)(F)F)CC1)CC2)C1CC1. The molecule has 2 aromatic carbocycles. The van der Waals surface area contributed by atoms with E-state index in [0.717, 1.165) is 45.2 Å². The zero-order valence-electron chi connectivity index (χ0n) is 23.3. The molecule has 0 N–H and O–H groups in total. The van der Waals surface area contributed by atoms with E-state index in [1.165, 1.54) is 23.8 Å². The summed E-state index contributed by atoms with van der Waals surface area (Å²) >= 11 is 0. The highest BCUT2D eigenvalue weighted by Crippen LogP contribution is 2.47. The van der Waals surface area contributed by atoms with E-state index < -0.39 is 23.5 Å². The van der Waals surface area contributed by atoms with Crippen LogP contribution in [0.1, 0.15) is 71.9 Å². The number of halogens is 6. The largest absolute Gasteiger partial charge is 0.469 e. The van der Waals surface area contributed by atoms with Crippen molar-refractivity contribution in [2.45, 2.75) is 76.4 Å². The molecule has 4 nitrogen and oxygen atoms in total. The third-order valence-electron chi connectivity index (χ3n) is 9.10. The van der Waals surface area contributed by atoms with Crippen LogP contribution >= 0.6 is 0 Å². The molecule has 2 atom stereocenters. The maximum absolute atomic E-state index is 13.6. The number of nitrogens with zero attached hydrogens (tertiary/aromatic N) is 2. The molecule has 41 heavy (non-hydrogen) atoms. The normalized spacial score (nSPS) is 20.9. The molecule has 2 heterocycles. The third kappa shape index (κ3) is 6.74. The Labute approximate surface area is 236 Å². The zero-order valence-corrected chi connectivity index (χ0v) is 23.3. The van der Waals surface area contributed by atoms with E-state index >= 15 is 0 Å². The number of carbonyl (C=O) groups excluding carboxylic acids is 1.